The van der Waals surface area contributed by atoms with E-state index in [0.29, 0.717) is 22.4 Å². The number of carbonyl (C=O) groups excluding carboxylic acids is 1. The van der Waals surface area contributed by atoms with E-state index in [1.807, 2.05) is 19.1 Å². The lowest BCUT2D eigenvalue weighted by atomic mass is 9.96. The lowest BCUT2D eigenvalue weighted by Crippen LogP contribution is -2.38. The van der Waals surface area contributed by atoms with E-state index in [0.717, 1.165) is 33.7 Å². The van der Waals surface area contributed by atoms with Gasteiger partial charge in [0.15, 0.2) is 6.04 Å². The first-order valence-corrected chi connectivity index (χ1v) is 14.9. The van der Waals surface area contributed by atoms with Crippen LogP contribution in [0.5, 0.6) is 11.5 Å². The summed E-state index contributed by atoms with van der Waals surface area (Å²) in [7, 11) is 0. The summed E-state index contributed by atoms with van der Waals surface area (Å²) >= 11 is 6.63. The topological polar surface area (TPSA) is 97.3 Å². The zero-order valence-corrected chi connectivity index (χ0v) is 26.2. The molecule has 1 unspecified atom stereocenters. The summed E-state index contributed by atoms with van der Waals surface area (Å²) in [4.78, 5) is 25.1. The molecular formula is C34H27ClF6N2O6. The van der Waals surface area contributed by atoms with Gasteiger partial charge in [-0.3, -0.25) is 4.90 Å². The Morgan fingerprint density at radius 3 is 2.33 bits per heavy atom. The summed E-state index contributed by atoms with van der Waals surface area (Å²) in [6.07, 6.45) is -10.2. The molecular weight excluding hydrogens is 682 g/mol. The van der Waals surface area contributed by atoms with Crippen LogP contribution in [0.15, 0.2) is 78.9 Å². The first kappa shape index (κ1) is 35.2. The van der Waals surface area contributed by atoms with E-state index in [-0.39, 0.29) is 42.8 Å². The van der Waals surface area contributed by atoms with Crippen molar-refractivity contribution < 1.29 is 55.2 Å². The predicted octanol–water partition coefficient (Wildman–Crippen LogP) is 8.83. The van der Waals surface area contributed by atoms with E-state index in [4.69, 9.17) is 21.1 Å². The third-order valence-corrected chi connectivity index (χ3v) is 8.05. The highest BCUT2D eigenvalue weighted by molar-refractivity contribution is 6.33. The van der Waals surface area contributed by atoms with Crippen LogP contribution in [-0.4, -0.2) is 41.1 Å². The van der Waals surface area contributed by atoms with Gasteiger partial charge in [0.1, 0.15) is 24.7 Å². The van der Waals surface area contributed by atoms with Crippen LogP contribution in [0, 0.1) is 6.92 Å². The standard InChI is InChI=1S/C34H27ClF6N2O6/c1-19-22(3-2-4-26(19)21-7-11-25(12-8-21)49-34(39,40)41)15-42-28-14-30(47-17-20-5-9-24(10-6-20)33(36,37)38)23(13-27(28)35)16-43-29(31(44)45)18-48-32(43)46/h2-14,29,42H,15-18H2,1H3,(H,44,45). The number of alkyl halides is 6. The second kappa shape index (κ2) is 14.2. The molecule has 8 nitrogen and oxygen atoms in total. The fourth-order valence-corrected chi connectivity index (χ4v) is 5.42. The summed E-state index contributed by atoms with van der Waals surface area (Å²) in [6, 6.07) is 17.1. The van der Waals surface area contributed by atoms with E-state index in [9.17, 15) is 41.0 Å². The van der Waals surface area contributed by atoms with Crippen molar-refractivity contribution in [2.45, 2.75) is 45.2 Å². The van der Waals surface area contributed by atoms with E-state index < -0.39 is 36.2 Å². The van der Waals surface area contributed by atoms with E-state index >= 15 is 0 Å². The summed E-state index contributed by atoms with van der Waals surface area (Å²) in [5.74, 6) is -1.44. The maximum Gasteiger partial charge on any atom is 0.573 e. The van der Waals surface area contributed by atoms with Gasteiger partial charge in [-0.1, -0.05) is 54.1 Å². The lowest BCUT2D eigenvalue weighted by Gasteiger charge is -2.22. The smallest absolute Gasteiger partial charge is 0.488 e. The Morgan fingerprint density at radius 2 is 1.69 bits per heavy atom. The van der Waals surface area contributed by atoms with Crippen molar-refractivity contribution in [1.29, 1.82) is 0 Å². The third-order valence-electron chi connectivity index (χ3n) is 7.74. The average molecular weight is 709 g/mol. The second-order valence-electron chi connectivity index (χ2n) is 11.0. The number of carboxylic acids is 1. The average Bonchev–Trinajstić information content (AvgIpc) is 3.40. The van der Waals surface area contributed by atoms with Gasteiger partial charge in [-0.15, -0.1) is 13.2 Å². The number of cyclic esters (lactones) is 1. The highest BCUT2D eigenvalue weighted by Gasteiger charge is 2.38. The number of nitrogens with one attached hydrogen (secondary N) is 1. The molecule has 1 heterocycles. The van der Waals surface area contributed by atoms with E-state index in [2.05, 4.69) is 10.1 Å². The molecule has 1 saturated heterocycles. The molecule has 0 bridgehead atoms. The normalized spacial score (nSPS) is 14.8. The number of anilines is 1. The van der Waals surface area contributed by atoms with Gasteiger partial charge in [0.25, 0.3) is 0 Å². The van der Waals surface area contributed by atoms with Crippen molar-refractivity contribution in [2.75, 3.05) is 11.9 Å². The highest BCUT2D eigenvalue weighted by atomic mass is 35.5. The van der Waals surface area contributed by atoms with Crippen molar-refractivity contribution in [3.63, 3.8) is 0 Å². The number of halogens is 7. The first-order chi connectivity index (χ1) is 23.1. The van der Waals surface area contributed by atoms with Crippen LogP contribution >= 0.6 is 11.6 Å². The number of aliphatic carboxylic acids is 1. The van der Waals surface area contributed by atoms with Crippen LogP contribution in [-0.2, 0) is 35.4 Å². The molecule has 0 saturated carbocycles. The molecule has 4 aromatic rings. The summed E-state index contributed by atoms with van der Waals surface area (Å²) in [5, 5.41) is 13.0. The van der Waals surface area contributed by atoms with Crippen LogP contribution in [0.4, 0.5) is 36.8 Å². The molecule has 1 aliphatic heterocycles. The van der Waals surface area contributed by atoms with Gasteiger partial charge in [-0.05, 0) is 65.1 Å². The zero-order chi connectivity index (χ0) is 35.5. The second-order valence-corrected chi connectivity index (χ2v) is 11.4. The molecule has 5 rings (SSSR count). The van der Waals surface area contributed by atoms with Gasteiger partial charge in [-0.25, -0.2) is 9.59 Å². The molecule has 1 aliphatic rings. The molecule has 1 atom stereocenters. The van der Waals surface area contributed by atoms with Crippen molar-refractivity contribution in [1.82, 2.24) is 4.90 Å². The Balaban J connectivity index is 1.39. The molecule has 258 valence electrons. The quantitative estimate of drug-likeness (QED) is 0.150. The van der Waals surface area contributed by atoms with Crippen molar-refractivity contribution >= 4 is 29.4 Å². The number of benzene rings is 4. The fourth-order valence-electron chi connectivity index (χ4n) is 5.17. The highest BCUT2D eigenvalue weighted by Crippen LogP contribution is 2.36. The van der Waals surface area contributed by atoms with Crippen LogP contribution < -0.4 is 14.8 Å². The first-order valence-electron chi connectivity index (χ1n) is 14.5. The fraction of sp³-hybridized carbons (Fsp3) is 0.235. The number of amides is 1. The maximum atomic E-state index is 13.0. The number of nitrogens with zero attached hydrogens (tertiary/aromatic N) is 1. The van der Waals surface area contributed by atoms with Crippen molar-refractivity contribution in [3.05, 3.63) is 112 Å². The van der Waals surface area contributed by atoms with E-state index in [1.165, 1.54) is 48.5 Å². The van der Waals surface area contributed by atoms with Crippen LogP contribution in [0.1, 0.15) is 27.8 Å². The Morgan fingerprint density at radius 1 is 1.00 bits per heavy atom. The maximum absolute atomic E-state index is 13.0. The predicted molar refractivity (Wildman–Crippen MR) is 166 cm³/mol. The number of ether oxygens (including phenoxy) is 3. The Kier molecular flexibility index (Phi) is 10.2. The van der Waals surface area contributed by atoms with Gasteiger partial charge < -0.3 is 24.6 Å². The minimum atomic E-state index is -4.81. The molecule has 0 aromatic heterocycles. The third kappa shape index (κ3) is 8.68. The van der Waals surface area contributed by atoms with Crippen molar-refractivity contribution in [2.24, 2.45) is 0 Å². The van der Waals surface area contributed by atoms with E-state index in [1.54, 1.807) is 6.07 Å². The number of carbonyl (C=O) groups is 2. The Labute approximate surface area is 280 Å². The van der Waals surface area contributed by atoms with Gasteiger partial charge in [-0.2, -0.15) is 13.2 Å². The summed E-state index contributed by atoms with van der Waals surface area (Å²) in [6.45, 7) is 1.34. The van der Waals surface area contributed by atoms with Gasteiger partial charge in [0.2, 0.25) is 0 Å². The lowest BCUT2D eigenvalue weighted by molar-refractivity contribution is -0.274. The number of hydrogen-bond acceptors (Lipinski definition) is 6. The molecule has 1 fully saturated rings. The molecule has 0 aliphatic carbocycles. The molecule has 15 heteroatoms. The summed E-state index contributed by atoms with van der Waals surface area (Å²) < 4.78 is 91.7. The minimum Gasteiger partial charge on any atom is -0.488 e. The summed E-state index contributed by atoms with van der Waals surface area (Å²) in [5.41, 5.74) is 3.39. The Bertz CT molecular complexity index is 1830. The largest absolute Gasteiger partial charge is 0.573 e. The molecule has 0 spiro atoms. The van der Waals surface area contributed by atoms with Crippen LogP contribution in [0.3, 0.4) is 0 Å². The van der Waals surface area contributed by atoms with Gasteiger partial charge >= 0.3 is 24.6 Å². The molecule has 1 amide bonds. The van der Waals surface area contributed by atoms with Gasteiger partial charge in [0, 0.05) is 18.2 Å². The van der Waals surface area contributed by atoms with Crippen molar-refractivity contribution in [3.8, 4) is 22.6 Å². The molecule has 0 radical (unpaired) electrons. The van der Waals surface area contributed by atoms with Crippen LogP contribution in [0.2, 0.25) is 5.02 Å². The Hall–Kier alpha value is -5.11. The molecule has 49 heavy (non-hydrogen) atoms. The SMILES string of the molecule is Cc1c(CNc2cc(OCc3ccc(C(F)(F)F)cc3)c(CN3C(=O)OCC3C(=O)O)cc2Cl)cccc1-c1ccc(OC(F)(F)F)cc1. The number of carboxylic acid groups (broad SMARTS) is 1. The van der Waals surface area contributed by atoms with Crippen LogP contribution in [0.25, 0.3) is 11.1 Å². The monoisotopic (exact) mass is 708 g/mol. The zero-order valence-electron chi connectivity index (χ0n) is 25.5. The van der Waals surface area contributed by atoms with Gasteiger partial charge in [0.05, 0.1) is 22.8 Å². The minimum absolute atomic E-state index is 0.160. The molecule has 4 aromatic carbocycles. The molecule has 2 N–H and O–H groups in total. The number of rotatable bonds is 11. The number of hydrogen-bond donors (Lipinski definition) is 2.